The van der Waals surface area contributed by atoms with E-state index in [0.29, 0.717) is 6.61 Å². The molecule has 25 heavy (non-hydrogen) atoms. The molecule has 2 nitrogen and oxygen atoms in total. The summed E-state index contributed by atoms with van der Waals surface area (Å²) in [7, 11) is 0. The monoisotopic (exact) mass is 330 g/mol. The maximum Gasteiger partial charge on any atom is 0.384 e. The third kappa shape index (κ3) is 3.83. The maximum absolute atomic E-state index is 11.4. The predicted molar refractivity (Wildman–Crippen MR) is 100 cm³/mol. The van der Waals surface area contributed by atoms with Gasteiger partial charge in [-0.1, -0.05) is 72.7 Å². The Balaban J connectivity index is 1.91. The van der Waals surface area contributed by atoms with Crippen molar-refractivity contribution in [3.63, 3.8) is 0 Å². The van der Waals surface area contributed by atoms with Crippen LogP contribution in [0, 0.1) is 11.8 Å². The van der Waals surface area contributed by atoms with E-state index in [4.69, 9.17) is 4.74 Å². The van der Waals surface area contributed by atoms with Gasteiger partial charge in [-0.15, -0.1) is 0 Å². The molecule has 0 N–H and O–H groups in total. The summed E-state index contributed by atoms with van der Waals surface area (Å²) < 4.78 is 4.87. The van der Waals surface area contributed by atoms with Crippen molar-refractivity contribution in [1.82, 2.24) is 0 Å². The van der Waals surface area contributed by atoms with E-state index < -0.39 is 5.97 Å². The van der Waals surface area contributed by atoms with Gasteiger partial charge >= 0.3 is 5.97 Å². The number of hydrogen-bond acceptors (Lipinski definition) is 2. The van der Waals surface area contributed by atoms with Gasteiger partial charge in [0, 0.05) is 11.3 Å². The minimum absolute atomic E-state index is 0.0301. The minimum atomic E-state index is -0.452. The van der Waals surface area contributed by atoms with Gasteiger partial charge in [-0.25, -0.2) is 4.79 Å². The van der Waals surface area contributed by atoms with E-state index in [1.807, 2.05) is 0 Å². The molecule has 0 spiro atoms. The smallest absolute Gasteiger partial charge is 0.384 e. The summed E-state index contributed by atoms with van der Waals surface area (Å²) in [5.41, 5.74) is 3.65. The van der Waals surface area contributed by atoms with Crippen LogP contribution in [-0.2, 0) is 14.9 Å². The van der Waals surface area contributed by atoms with Gasteiger partial charge in [0.1, 0.15) is 0 Å². The quantitative estimate of drug-likeness (QED) is 0.465. The fourth-order valence-electron chi connectivity index (χ4n) is 3.47. The molecule has 0 aliphatic heterocycles. The number of carbonyl (C=O) groups excluding carboxylic acids is 1. The molecule has 0 saturated heterocycles. The first-order valence-electron chi connectivity index (χ1n) is 8.73. The van der Waals surface area contributed by atoms with E-state index >= 15 is 0 Å². The number of carbonyl (C=O) groups is 1. The van der Waals surface area contributed by atoms with Crippen LogP contribution >= 0.6 is 0 Å². The highest BCUT2D eigenvalue weighted by atomic mass is 16.5. The Bertz CT molecular complexity index is 768. The number of hydrogen-bond donors (Lipinski definition) is 0. The van der Waals surface area contributed by atoms with Crippen molar-refractivity contribution >= 4 is 5.97 Å². The average molecular weight is 330 g/mol. The Labute approximate surface area is 149 Å². The molecule has 0 heterocycles. The fourth-order valence-corrected chi connectivity index (χ4v) is 3.47. The molecular formula is C23H22O2. The standard InChI is InChI=1S/C23H22O2/c1-2-25-22(24)14-13-19-15-17-23(18-16-19,20-9-5-3-6-10-20)21-11-7-4-8-12-21/h3-12,15H,2,16-18H2,1H3. The molecule has 0 unspecified atom stereocenters. The van der Waals surface area contributed by atoms with Crippen LogP contribution in [-0.4, -0.2) is 12.6 Å². The second kappa shape index (κ2) is 7.85. The molecule has 0 amide bonds. The summed E-state index contributed by atoms with van der Waals surface area (Å²) in [5, 5.41) is 0. The van der Waals surface area contributed by atoms with Gasteiger partial charge in [-0.3, -0.25) is 0 Å². The third-order valence-corrected chi connectivity index (χ3v) is 4.77. The molecule has 1 aliphatic carbocycles. The van der Waals surface area contributed by atoms with Gasteiger partial charge in [-0.2, -0.15) is 0 Å². The number of esters is 1. The zero-order valence-electron chi connectivity index (χ0n) is 14.5. The molecule has 3 rings (SSSR count). The third-order valence-electron chi connectivity index (χ3n) is 4.77. The van der Waals surface area contributed by atoms with Crippen molar-refractivity contribution in [1.29, 1.82) is 0 Å². The zero-order chi connectivity index (χ0) is 17.5. The maximum atomic E-state index is 11.4. The highest BCUT2D eigenvalue weighted by Crippen LogP contribution is 2.43. The van der Waals surface area contributed by atoms with Crippen LogP contribution in [0.1, 0.15) is 37.3 Å². The zero-order valence-corrected chi connectivity index (χ0v) is 14.5. The van der Waals surface area contributed by atoms with Crippen LogP contribution in [0.5, 0.6) is 0 Å². The molecule has 0 bridgehead atoms. The lowest BCUT2D eigenvalue weighted by Crippen LogP contribution is -2.29. The van der Waals surface area contributed by atoms with E-state index in [2.05, 4.69) is 78.6 Å². The molecule has 0 fully saturated rings. The molecular weight excluding hydrogens is 308 g/mol. The van der Waals surface area contributed by atoms with E-state index in [9.17, 15) is 4.79 Å². The first-order chi connectivity index (χ1) is 12.2. The summed E-state index contributed by atoms with van der Waals surface area (Å²) in [6.45, 7) is 2.14. The van der Waals surface area contributed by atoms with E-state index in [1.165, 1.54) is 11.1 Å². The van der Waals surface area contributed by atoms with Crippen LogP contribution in [0.3, 0.4) is 0 Å². The topological polar surface area (TPSA) is 26.3 Å². The number of allylic oxidation sites excluding steroid dienone is 2. The van der Waals surface area contributed by atoms with Gasteiger partial charge < -0.3 is 4.74 Å². The van der Waals surface area contributed by atoms with Crippen LogP contribution in [0.15, 0.2) is 72.3 Å². The highest BCUT2D eigenvalue weighted by molar-refractivity contribution is 5.89. The lowest BCUT2D eigenvalue weighted by atomic mass is 9.66. The summed E-state index contributed by atoms with van der Waals surface area (Å²) in [5.74, 6) is 5.11. The van der Waals surface area contributed by atoms with Crippen molar-refractivity contribution in [3.8, 4) is 11.8 Å². The summed E-state index contributed by atoms with van der Waals surface area (Å²) in [6, 6.07) is 21.3. The van der Waals surface area contributed by atoms with Crippen molar-refractivity contribution in [2.45, 2.75) is 31.6 Å². The normalized spacial score (nSPS) is 15.5. The van der Waals surface area contributed by atoms with E-state index in [0.717, 1.165) is 24.8 Å². The summed E-state index contributed by atoms with van der Waals surface area (Å²) in [4.78, 5) is 11.4. The molecule has 0 radical (unpaired) electrons. The Morgan fingerprint density at radius 3 is 2.12 bits per heavy atom. The summed E-state index contributed by atoms with van der Waals surface area (Å²) >= 11 is 0. The molecule has 0 aromatic heterocycles. The van der Waals surface area contributed by atoms with E-state index in [1.54, 1.807) is 6.92 Å². The second-order valence-corrected chi connectivity index (χ2v) is 6.22. The first kappa shape index (κ1) is 17.0. The van der Waals surface area contributed by atoms with Crippen molar-refractivity contribution in [3.05, 3.63) is 83.4 Å². The van der Waals surface area contributed by atoms with Gasteiger partial charge in [0.25, 0.3) is 0 Å². The Morgan fingerprint density at radius 2 is 1.64 bits per heavy atom. The van der Waals surface area contributed by atoms with Gasteiger partial charge in [0.2, 0.25) is 0 Å². The van der Waals surface area contributed by atoms with Crippen LogP contribution in [0.2, 0.25) is 0 Å². The van der Waals surface area contributed by atoms with Crippen molar-refractivity contribution in [2.75, 3.05) is 6.61 Å². The minimum Gasteiger partial charge on any atom is -0.456 e. The number of ether oxygens (including phenoxy) is 1. The SMILES string of the molecule is CCOC(=O)C#CC1=CCC(c2ccccc2)(c2ccccc2)CC1. The summed E-state index contributed by atoms with van der Waals surface area (Å²) in [6.07, 6.45) is 4.89. The molecule has 1 aliphatic rings. The van der Waals surface area contributed by atoms with Crippen molar-refractivity contribution in [2.24, 2.45) is 0 Å². The fraction of sp³-hybridized carbons (Fsp3) is 0.261. The predicted octanol–water partition coefficient (Wildman–Crippen LogP) is 4.65. The van der Waals surface area contributed by atoms with Gasteiger partial charge in [0.15, 0.2) is 0 Å². The Hall–Kier alpha value is -2.79. The van der Waals surface area contributed by atoms with Gasteiger partial charge in [0.05, 0.1) is 6.61 Å². The Morgan fingerprint density at radius 1 is 1.04 bits per heavy atom. The number of rotatable bonds is 3. The first-order valence-corrected chi connectivity index (χ1v) is 8.73. The Kier molecular flexibility index (Phi) is 5.36. The lowest BCUT2D eigenvalue weighted by Gasteiger charge is -2.37. The number of benzene rings is 2. The largest absolute Gasteiger partial charge is 0.456 e. The molecule has 0 atom stereocenters. The molecule has 126 valence electrons. The molecule has 2 aromatic carbocycles. The van der Waals surface area contributed by atoms with Crippen LogP contribution in [0.25, 0.3) is 0 Å². The second-order valence-electron chi connectivity index (χ2n) is 6.22. The average Bonchev–Trinajstić information content (AvgIpc) is 2.68. The van der Waals surface area contributed by atoms with Crippen LogP contribution in [0.4, 0.5) is 0 Å². The highest BCUT2D eigenvalue weighted by Gasteiger charge is 2.35. The molecule has 0 saturated carbocycles. The molecule has 2 aromatic rings. The van der Waals surface area contributed by atoms with E-state index in [-0.39, 0.29) is 5.41 Å². The van der Waals surface area contributed by atoms with Crippen molar-refractivity contribution < 1.29 is 9.53 Å². The van der Waals surface area contributed by atoms with Gasteiger partial charge in [-0.05, 0) is 42.9 Å². The molecule has 2 heteroatoms. The van der Waals surface area contributed by atoms with Crippen LogP contribution < -0.4 is 0 Å². The lowest BCUT2D eigenvalue weighted by molar-refractivity contribution is -0.136.